The van der Waals surface area contributed by atoms with Crippen molar-refractivity contribution in [3.63, 3.8) is 0 Å². The Morgan fingerprint density at radius 2 is 0.693 bits per heavy atom. The lowest BCUT2D eigenvalue weighted by Crippen LogP contribution is -2.60. The number of nitrogens with one attached hydrogen (secondary N) is 1. The molecule has 1 amide bonds. The number of hydrogen-bond acceptors (Lipinski definition) is 9. The van der Waals surface area contributed by atoms with Crippen molar-refractivity contribution >= 4 is 5.91 Å². The Hall–Kier alpha value is -0.850. The first-order chi connectivity index (χ1) is 36.8. The van der Waals surface area contributed by atoms with Gasteiger partial charge < -0.3 is 45.4 Å². The van der Waals surface area contributed by atoms with E-state index in [-0.39, 0.29) is 18.9 Å². The molecule has 448 valence electrons. The number of rotatable bonds is 59. The number of aliphatic hydroxyl groups is 6. The molecule has 0 saturated carbocycles. The summed E-state index contributed by atoms with van der Waals surface area (Å²) in [6.07, 6.45) is 57.4. The van der Waals surface area contributed by atoms with Gasteiger partial charge in [-0.15, -0.1) is 0 Å². The second-order valence-electron chi connectivity index (χ2n) is 23.8. The van der Waals surface area contributed by atoms with E-state index in [4.69, 9.17) is 9.47 Å². The smallest absolute Gasteiger partial charge is 0.220 e. The molecule has 0 bridgehead atoms. The maximum Gasteiger partial charge on any atom is 0.220 e. The van der Waals surface area contributed by atoms with Crippen molar-refractivity contribution in [2.75, 3.05) is 13.2 Å². The van der Waals surface area contributed by atoms with Crippen molar-refractivity contribution in [2.45, 2.75) is 397 Å². The maximum atomic E-state index is 13.1. The molecule has 0 radical (unpaired) electrons. The summed E-state index contributed by atoms with van der Waals surface area (Å²) in [5.74, 6) is -0.248. The molecule has 1 rings (SSSR count). The first-order valence-corrected chi connectivity index (χ1v) is 33.3. The van der Waals surface area contributed by atoms with Crippen molar-refractivity contribution in [2.24, 2.45) is 0 Å². The van der Waals surface area contributed by atoms with Gasteiger partial charge >= 0.3 is 0 Å². The standard InChI is InChI=1S/C65H129NO9/c1-3-5-7-9-11-13-15-17-19-20-21-22-23-24-25-26-27-28-29-30-31-32-33-34-35-36-37-38-40-42-44-46-48-50-52-54-60(69)66-57(56-74-65-64(73)63(72)62(71)59(55-67)75-65)61(70)58(68)53-51-49-47-45-43-41-39-18-16-14-12-10-8-6-4-2/h57-59,61-65,67-68,70-73H,3-56H2,1-2H3,(H,66,69)/t57-,58+,59+,61-,62+,63?,64?,65+/m0/s1. The highest BCUT2D eigenvalue weighted by Gasteiger charge is 2.44. The monoisotopic (exact) mass is 1070 g/mol. The predicted molar refractivity (Wildman–Crippen MR) is 315 cm³/mol. The zero-order chi connectivity index (χ0) is 54.5. The second-order valence-corrected chi connectivity index (χ2v) is 23.8. The quantitative estimate of drug-likeness (QED) is 0.0293. The number of carbonyl (C=O) groups excluding carboxylic acids is 1. The summed E-state index contributed by atoms with van der Waals surface area (Å²) in [6, 6.07) is -0.987. The molecule has 2 unspecified atom stereocenters. The molecule has 8 atom stereocenters. The number of hydrogen-bond donors (Lipinski definition) is 7. The largest absolute Gasteiger partial charge is 0.394 e. The van der Waals surface area contributed by atoms with Crippen LogP contribution in [0.2, 0.25) is 0 Å². The average Bonchev–Trinajstić information content (AvgIpc) is 3.41. The minimum atomic E-state index is -1.60. The highest BCUT2D eigenvalue weighted by atomic mass is 16.7. The first kappa shape index (κ1) is 72.2. The molecule has 1 heterocycles. The van der Waals surface area contributed by atoms with Crippen LogP contribution in [-0.2, 0) is 14.3 Å². The molecule has 7 N–H and O–H groups in total. The molecule has 0 aliphatic carbocycles. The van der Waals surface area contributed by atoms with Crippen molar-refractivity contribution in [1.29, 1.82) is 0 Å². The molecule has 10 nitrogen and oxygen atoms in total. The van der Waals surface area contributed by atoms with Crippen LogP contribution in [0, 0.1) is 0 Å². The number of aliphatic hydroxyl groups excluding tert-OH is 6. The number of carbonyl (C=O) groups is 1. The lowest BCUT2D eigenvalue weighted by atomic mass is 9.98. The summed E-state index contributed by atoms with van der Waals surface area (Å²) in [4.78, 5) is 13.1. The molecule has 75 heavy (non-hydrogen) atoms. The van der Waals surface area contributed by atoms with E-state index < -0.39 is 55.6 Å². The first-order valence-electron chi connectivity index (χ1n) is 33.3. The van der Waals surface area contributed by atoms with Gasteiger partial charge in [0, 0.05) is 6.42 Å². The minimum absolute atomic E-state index is 0.248. The van der Waals surface area contributed by atoms with Gasteiger partial charge in [-0.3, -0.25) is 4.79 Å². The van der Waals surface area contributed by atoms with Gasteiger partial charge in [-0.2, -0.15) is 0 Å². The van der Waals surface area contributed by atoms with Crippen LogP contribution < -0.4 is 5.32 Å². The highest BCUT2D eigenvalue weighted by molar-refractivity contribution is 5.76. The van der Waals surface area contributed by atoms with E-state index in [0.717, 1.165) is 38.5 Å². The number of amides is 1. The van der Waals surface area contributed by atoms with Gasteiger partial charge in [0.1, 0.15) is 30.5 Å². The van der Waals surface area contributed by atoms with Crippen LogP contribution >= 0.6 is 0 Å². The third-order valence-electron chi connectivity index (χ3n) is 16.6. The van der Waals surface area contributed by atoms with E-state index in [1.807, 2.05) is 0 Å². The Bertz CT molecular complexity index is 1160. The van der Waals surface area contributed by atoms with E-state index in [2.05, 4.69) is 19.2 Å². The third kappa shape index (κ3) is 43.6. The van der Waals surface area contributed by atoms with Crippen LogP contribution in [0.1, 0.15) is 348 Å². The van der Waals surface area contributed by atoms with Gasteiger partial charge in [0.25, 0.3) is 0 Å². The summed E-state index contributed by atoms with van der Waals surface area (Å²) in [6.45, 7) is 3.67. The van der Waals surface area contributed by atoms with E-state index in [9.17, 15) is 35.4 Å². The molecule has 0 spiro atoms. The average molecular weight is 1070 g/mol. The molecule has 1 aliphatic heterocycles. The summed E-state index contributed by atoms with van der Waals surface area (Å²) in [5.41, 5.74) is 0. The van der Waals surface area contributed by atoms with Crippen molar-refractivity contribution in [1.82, 2.24) is 5.32 Å². The predicted octanol–water partition coefficient (Wildman–Crippen LogP) is 16.3. The molecule has 1 aliphatic rings. The van der Waals surface area contributed by atoms with Crippen LogP contribution in [0.3, 0.4) is 0 Å². The van der Waals surface area contributed by atoms with Crippen molar-refractivity contribution in [3.8, 4) is 0 Å². The van der Waals surface area contributed by atoms with Crippen LogP contribution in [-0.4, -0.2) is 98.7 Å². The lowest BCUT2D eigenvalue weighted by molar-refractivity contribution is -0.303. The maximum absolute atomic E-state index is 13.1. The van der Waals surface area contributed by atoms with Crippen molar-refractivity contribution in [3.05, 3.63) is 0 Å². The van der Waals surface area contributed by atoms with E-state index in [1.165, 1.54) is 283 Å². The van der Waals surface area contributed by atoms with E-state index >= 15 is 0 Å². The highest BCUT2D eigenvalue weighted by Crippen LogP contribution is 2.24. The minimum Gasteiger partial charge on any atom is -0.394 e. The Labute approximate surface area is 464 Å². The van der Waals surface area contributed by atoms with E-state index in [1.54, 1.807) is 0 Å². The Morgan fingerprint density at radius 3 is 0.987 bits per heavy atom. The van der Waals surface area contributed by atoms with Crippen LogP contribution in [0.4, 0.5) is 0 Å². The molecular formula is C65H129NO9. The molecular weight excluding hydrogens is 939 g/mol. The number of unbranched alkanes of at least 4 members (excludes halogenated alkanes) is 48. The van der Waals surface area contributed by atoms with Gasteiger partial charge in [-0.1, -0.05) is 328 Å². The molecule has 0 aromatic carbocycles. The fraction of sp³-hybridized carbons (Fsp3) is 0.985. The Balaban J connectivity index is 2.09. The fourth-order valence-electron chi connectivity index (χ4n) is 11.3. The molecule has 0 aromatic heterocycles. The summed E-state index contributed by atoms with van der Waals surface area (Å²) < 4.78 is 11.2. The van der Waals surface area contributed by atoms with Gasteiger partial charge in [-0.25, -0.2) is 0 Å². The SMILES string of the molecule is CCCCCCCCCCCCCCCCCCCCCCCCCCCCCCCCCCCCCC(=O)N[C@@H](CO[C@@H]1O[C@H](CO)[C@@H](O)C(O)C1O)[C@H](O)[C@H](O)CCCCCCCCCCCCCCCCC. The van der Waals surface area contributed by atoms with Gasteiger partial charge in [0.05, 0.1) is 25.4 Å². The van der Waals surface area contributed by atoms with Crippen LogP contribution in [0.25, 0.3) is 0 Å². The summed E-state index contributed by atoms with van der Waals surface area (Å²) in [7, 11) is 0. The second kappa shape index (κ2) is 55.1. The van der Waals surface area contributed by atoms with Gasteiger partial charge in [0.15, 0.2) is 6.29 Å². The van der Waals surface area contributed by atoms with Gasteiger partial charge in [0.2, 0.25) is 5.91 Å². The van der Waals surface area contributed by atoms with Crippen molar-refractivity contribution < 1.29 is 44.9 Å². The summed E-state index contributed by atoms with van der Waals surface area (Å²) in [5, 5.41) is 65.7. The van der Waals surface area contributed by atoms with Gasteiger partial charge in [-0.05, 0) is 12.8 Å². The lowest BCUT2D eigenvalue weighted by Gasteiger charge is -2.40. The molecule has 0 aromatic rings. The normalized spacial score (nSPS) is 19.2. The topological polar surface area (TPSA) is 169 Å². The number of ether oxygens (including phenoxy) is 2. The molecule has 1 saturated heterocycles. The molecule has 10 heteroatoms. The van der Waals surface area contributed by atoms with E-state index in [0.29, 0.717) is 6.42 Å². The zero-order valence-electron chi connectivity index (χ0n) is 49.7. The van der Waals surface area contributed by atoms with Crippen LogP contribution in [0.5, 0.6) is 0 Å². The third-order valence-corrected chi connectivity index (χ3v) is 16.6. The summed E-state index contributed by atoms with van der Waals surface area (Å²) >= 11 is 0. The Kier molecular flexibility index (Phi) is 53.0. The van der Waals surface area contributed by atoms with Crippen LogP contribution in [0.15, 0.2) is 0 Å². The Morgan fingerprint density at radius 1 is 0.413 bits per heavy atom. The zero-order valence-corrected chi connectivity index (χ0v) is 49.7. The fourth-order valence-corrected chi connectivity index (χ4v) is 11.3. The molecule has 1 fully saturated rings.